The number of hydrogen-bond donors (Lipinski definition) is 1. The second-order valence-electron chi connectivity index (χ2n) is 6.18. The van der Waals surface area contributed by atoms with Gasteiger partial charge in [-0.2, -0.15) is 0 Å². The minimum absolute atomic E-state index is 0.0453. The van der Waals surface area contributed by atoms with Crippen molar-refractivity contribution in [3.63, 3.8) is 0 Å². The molecule has 0 spiro atoms. The van der Waals surface area contributed by atoms with Crippen molar-refractivity contribution in [3.8, 4) is 5.69 Å². The molecule has 1 amide bonds. The molecule has 6 heteroatoms. The van der Waals surface area contributed by atoms with E-state index in [0.717, 1.165) is 50.7 Å². The highest BCUT2D eigenvalue weighted by Crippen LogP contribution is 2.17. The lowest BCUT2D eigenvalue weighted by molar-refractivity contribution is -0.120. The molecule has 1 saturated heterocycles. The van der Waals surface area contributed by atoms with Crippen LogP contribution in [0.1, 0.15) is 12.1 Å². The Morgan fingerprint density at radius 3 is 2.84 bits per heavy atom. The second-order valence-corrected chi connectivity index (χ2v) is 6.62. The van der Waals surface area contributed by atoms with Gasteiger partial charge in [-0.1, -0.05) is 17.7 Å². The second kappa shape index (κ2) is 9.04. The molecule has 1 fully saturated rings. The number of morpholine rings is 1. The number of nitrogens with one attached hydrogen (secondary N) is 1. The van der Waals surface area contributed by atoms with Gasteiger partial charge in [0, 0.05) is 42.2 Å². The van der Waals surface area contributed by atoms with Crippen LogP contribution in [0.25, 0.3) is 5.69 Å². The van der Waals surface area contributed by atoms with Crippen molar-refractivity contribution in [1.82, 2.24) is 14.8 Å². The van der Waals surface area contributed by atoms with E-state index in [1.165, 1.54) is 0 Å². The van der Waals surface area contributed by atoms with Crippen molar-refractivity contribution in [2.24, 2.45) is 0 Å². The van der Waals surface area contributed by atoms with Crippen LogP contribution >= 0.6 is 11.6 Å². The Bertz CT molecular complexity index is 695. The number of rotatable bonds is 7. The van der Waals surface area contributed by atoms with E-state index in [4.69, 9.17) is 16.3 Å². The zero-order valence-corrected chi connectivity index (χ0v) is 15.0. The third-order valence-electron chi connectivity index (χ3n) is 4.34. The third kappa shape index (κ3) is 5.33. The zero-order chi connectivity index (χ0) is 17.5. The molecule has 25 heavy (non-hydrogen) atoms. The maximum absolute atomic E-state index is 12.2. The van der Waals surface area contributed by atoms with E-state index in [0.29, 0.717) is 18.0 Å². The van der Waals surface area contributed by atoms with Gasteiger partial charge in [-0.3, -0.25) is 9.69 Å². The van der Waals surface area contributed by atoms with Crippen LogP contribution in [-0.4, -0.2) is 54.8 Å². The number of carbonyl (C=O) groups is 1. The summed E-state index contributed by atoms with van der Waals surface area (Å²) < 4.78 is 7.34. The van der Waals surface area contributed by atoms with Crippen molar-refractivity contribution < 1.29 is 9.53 Å². The van der Waals surface area contributed by atoms with Gasteiger partial charge in [0.1, 0.15) is 0 Å². The van der Waals surface area contributed by atoms with E-state index >= 15 is 0 Å². The summed E-state index contributed by atoms with van der Waals surface area (Å²) in [5.41, 5.74) is 1.92. The first-order valence-electron chi connectivity index (χ1n) is 8.71. The third-order valence-corrected chi connectivity index (χ3v) is 4.57. The normalized spacial score (nSPS) is 15.2. The average Bonchev–Trinajstić information content (AvgIpc) is 3.08. The van der Waals surface area contributed by atoms with E-state index in [2.05, 4.69) is 10.2 Å². The van der Waals surface area contributed by atoms with E-state index < -0.39 is 0 Å². The molecule has 5 nitrogen and oxygen atoms in total. The Morgan fingerprint density at radius 2 is 2.04 bits per heavy atom. The molecule has 0 atom stereocenters. The number of halogens is 1. The molecular weight excluding hydrogens is 338 g/mol. The number of carbonyl (C=O) groups excluding carboxylic acids is 1. The Labute approximate surface area is 153 Å². The molecule has 1 aromatic heterocycles. The van der Waals surface area contributed by atoms with Gasteiger partial charge in [-0.05, 0) is 43.3 Å². The summed E-state index contributed by atoms with van der Waals surface area (Å²) in [7, 11) is 0. The van der Waals surface area contributed by atoms with E-state index in [1.807, 2.05) is 47.2 Å². The number of aromatic nitrogens is 1. The van der Waals surface area contributed by atoms with E-state index in [1.54, 1.807) is 0 Å². The first-order chi connectivity index (χ1) is 12.2. The van der Waals surface area contributed by atoms with Gasteiger partial charge in [0.25, 0.3) is 0 Å². The number of hydrogen-bond acceptors (Lipinski definition) is 3. The zero-order valence-electron chi connectivity index (χ0n) is 14.3. The lowest BCUT2D eigenvalue weighted by atomic mass is 10.2. The minimum Gasteiger partial charge on any atom is -0.379 e. The maximum atomic E-state index is 12.2. The van der Waals surface area contributed by atoms with Crippen LogP contribution < -0.4 is 5.32 Å². The highest BCUT2D eigenvalue weighted by Gasteiger charge is 2.11. The highest BCUT2D eigenvalue weighted by atomic mass is 35.5. The van der Waals surface area contributed by atoms with E-state index in [-0.39, 0.29) is 5.91 Å². The largest absolute Gasteiger partial charge is 0.379 e. The molecule has 2 aromatic rings. The number of ether oxygens (including phenoxy) is 1. The summed E-state index contributed by atoms with van der Waals surface area (Å²) in [5.74, 6) is 0.0453. The molecule has 3 rings (SSSR count). The van der Waals surface area contributed by atoms with Crippen molar-refractivity contribution in [2.75, 3.05) is 39.4 Å². The predicted octanol–water partition coefficient (Wildman–Crippen LogP) is 2.51. The molecule has 0 aliphatic carbocycles. The van der Waals surface area contributed by atoms with Crippen LogP contribution in [0.4, 0.5) is 0 Å². The number of nitrogens with zero attached hydrogens (tertiary/aromatic N) is 2. The lowest BCUT2D eigenvalue weighted by Gasteiger charge is -2.26. The van der Waals surface area contributed by atoms with E-state index in [9.17, 15) is 4.79 Å². The minimum atomic E-state index is 0.0453. The molecule has 0 saturated carbocycles. The summed E-state index contributed by atoms with van der Waals surface area (Å²) in [6.07, 6.45) is 3.27. The topological polar surface area (TPSA) is 46.5 Å². The molecule has 1 N–H and O–H groups in total. The Kier molecular flexibility index (Phi) is 6.50. The fraction of sp³-hybridized carbons (Fsp3) is 0.421. The molecule has 134 valence electrons. The molecule has 0 unspecified atom stereocenters. The van der Waals surface area contributed by atoms with Gasteiger partial charge in [0.2, 0.25) is 5.91 Å². The quantitative estimate of drug-likeness (QED) is 0.771. The number of benzene rings is 1. The van der Waals surface area contributed by atoms with Crippen LogP contribution in [0, 0.1) is 0 Å². The monoisotopic (exact) mass is 361 g/mol. The molecule has 1 aromatic carbocycles. The Hall–Kier alpha value is -1.82. The molecule has 1 aliphatic heterocycles. The van der Waals surface area contributed by atoms with Crippen molar-refractivity contribution >= 4 is 17.5 Å². The Balaban J connectivity index is 1.46. The molecule has 0 radical (unpaired) electrons. The molecule has 2 heterocycles. The van der Waals surface area contributed by atoms with Gasteiger partial charge < -0.3 is 14.6 Å². The number of amides is 1. The van der Waals surface area contributed by atoms with Crippen LogP contribution in [0.15, 0.2) is 42.6 Å². The van der Waals surface area contributed by atoms with Gasteiger partial charge in [0.15, 0.2) is 0 Å². The first kappa shape index (κ1) is 18.0. The molecule has 0 bridgehead atoms. The average molecular weight is 362 g/mol. The van der Waals surface area contributed by atoms with Crippen molar-refractivity contribution in [2.45, 2.75) is 12.8 Å². The summed E-state index contributed by atoms with van der Waals surface area (Å²) >= 11 is 6.06. The van der Waals surface area contributed by atoms with Crippen LogP contribution in [-0.2, 0) is 16.0 Å². The SMILES string of the molecule is O=C(Cc1cccn1-c1cccc(Cl)c1)NCCCN1CCOCC1. The van der Waals surface area contributed by atoms with Crippen molar-refractivity contribution in [1.29, 1.82) is 0 Å². The summed E-state index contributed by atoms with van der Waals surface area (Å²) in [6, 6.07) is 11.5. The predicted molar refractivity (Wildman–Crippen MR) is 99.4 cm³/mol. The van der Waals surface area contributed by atoms with Gasteiger partial charge >= 0.3 is 0 Å². The lowest BCUT2D eigenvalue weighted by Crippen LogP contribution is -2.38. The van der Waals surface area contributed by atoms with Crippen LogP contribution in [0.3, 0.4) is 0 Å². The fourth-order valence-electron chi connectivity index (χ4n) is 3.02. The van der Waals surface area contributed by atoms with Gasteiger partial charge in [0.05, 0.1) is 19.6 Å². The summed E-state index contributed by atoms with van der Waals surface area (Å²) in [6.45, 7) is 5.30. The maximum Gasteiger partial charge on any atom is 0.225 e. The van der Waals surface area contributed by atoms with Gasteiger partial charge in [-0.25, -0.2) is 0 Å². The fourth-order valence-corrected chi connectivity index (χ4v) is 3.20. The van der Waals surface area contributed by atoms with Gasteiger partial charge in [-0.15, -0.1) is 0 Å². The highest BCUT2D eigenvalue weighted by molar-refractivity contribution is 6.30. The van der Waals surface area contributed by atoms with Crippen molar-refractivity contribution in [3.05, 3.63) is 53.3 Å². The standard InChI is InChI=1S/C19H24ClN3O2/c20-16-4-1-5-17(14-16)23-9-2-6-18(23)15-19(24)21-7-3-8-22-10-12-25-13-11-22/h1-2,4-6,9,14H,3,7-8,10-13,15H2,(H,21,24). The summed E-state index contributed by atoms with van der Waals surface area (Å²) in [5, 5.41) is 3.70. The smallest absolute Gasteiger partial charge is 0.225 e. The molecular formula is C19H24ClN3O2. The van der Waals surface area contributed by atoms with Crippen LogP contribution in [0.2, 0.25) is 5.02 Å². The first-order valence-corrected chi connectivity index (χ1v) is 9.09. The molecule has 1 aliphatic rings. The Morgan fingerprint density at radius 1 is 1.20 bits per heavy atom. The van der Waals surface area contributed by atoms with Crippen LogP contribution in [0.5, 0.6) is 0 Å². The summed E-state index contributed by atoms with van der Waals surface area (Å²) in [4.78, 5) is 14.6.